The van der Waals surface area contributed by atoms with Gasteiger partial charge in [-0.2, -0.15) is 0 Å². The van der Waals surface area contributed by atoms with Gasteiger partial charge >= 0.3 is 0 Å². The first-order valence-corrected chi connectivity index (χ1v) is 9.20. The van der Waals surface area contributed by atoms with Gasteiger partial charge in [0.05, 0.1) is 5.57 Å². The molecule has 0 aliphatic carbocycles. The summed E-state index contributed by atoms with van der Waals surface area (Å²) in [6, 6.07) is 4.74. The Morgan fingerprint density at radius 3 is 2.66 bits per heavy atom. The maximum Gasteiger partial charge on any atom is 0.253 e. The molecule has 1 aromatic heterocycles. The molecule has 0 saturated heterocycles. The highest BCUT2D eigenvalue weighted by Crippen LogP contribution is 2.32. The van der Waals surface area contributed by atoms with Crippen LogP contribution in [0.2, 0.25) is 0 Å². The number of aromatic nitrogens is 2. The molecule has 2 aromatic rings. The topological polar surface area (TPSA) is 70.5 Å². The van der Waals surface area contributed by atoms with Crippen molar-refractivity contribution >= 4 is 29.3 Å². The fourth-order valence-electron chi connectivity index (χ4n) is 2.85. The van der Waals surface area contributed by atoms with Crippen molar-refractivity contribution in [3.63, 3.8) is 0 Å². The predicted molar refractivity (Wildman–Crippen MR) is 107 cm³/mol. The Balaban J connectivity index is 1.93. The van der Waals surface area contributed by atoms with Crippen LogP contribution in [0, 0.1) is 11.6 Å². The van der Waals surface area contributed by atoms with Crippen LogP contribution in [-0.4, -0.2) is 28.8 Å². The van der Waals surface area contributed by atoms with Crippen LogP contribution in [0.1, 0.15) is 18.9 Å². The zero-order valence-corrected chi connectivity index (χ0v) is 16.5. The van der Waals surface area contributed by atoms with Crippen LogP contribution in [0.4, 0.5) is 14.7 Å². The van der Waals surface area contributed by atoms with Crippen LogP contribution in [0.5, 0.6) is 0 Å². The van der Waals surface area contributed by atoms with Crippen molar-refractivity contribution in [3.05, 3.63) is 76.2 Å². The van der Waals surface area contributed by atoms with E-state index in [1.165, 1.54) is 6.20 Å². The van der Waals surface area contributed by atoms with E-state index in [2.05, 4.69) is 20.3 Å². The summed E-state index contributed by atoms with van der Waals surface area (Å²) in [5.74, 6) is -0.951. The molecule has 0 atom stereocenters. The van der Waals surface area contributed by atoms with Gasteiger partial charge in [0.1, 0.15) is 17.5 Å². The second-order valence-electron chi connectivity index (χ2n) is 6.06. The molecule has 2 heterocycles. The van der Waals surface area contributed by atoms with E-state index in [4.69, 9.17) is 11.6 Å². The van der Waals surface area contributed by atoms with Gasteiger partial charge in [0.15, 0.2) is 0 Å². The Kier molecular flexibility index (Phi) is 6.33. The number of nitrogens with zero attached hydrogens (tertiary/aromatic N) is 4. The molecule has 29 heavy (non-hydrogen) atoms. The molecule has 6 nitrogen and oxygen atoms in total. The highest BCUT2D eigenvalue weighted by atomic mass is 35.5. The molecule has 0 fully saturated rings. The molecule has 1 aliphatic heterocycles. The zero-order chi connectivity index (χ0) is 21.0. The highest BCUT2D eigenvalue weighted by molar-refractivity contribution is 6.36. The van der Waals surface area contributed by atoms with Crippen molar-refractivity contribution in [2.24, 2.45) is 4.99 Å². The van der Waals surface area contributed by atoms with Gasteiger partial charge in [-0.15, -0.1) is 0 Å². The van der Waals surface area contributed by atoms with Crippen LogP contribution in [0.25, 0.3) is 0 Å². The number of carbonyl (C=O) groups is 1. The number of amides is 1. The van der Waals surface area contributed by atoms with E-state index >= 15 is 0 Å². The minimum absolute atomic E-state index is 0.0386. The minimum atomic E-state index is -0.607. The van der Waals surface area contributed by atoms with Gasteiger partial charge in [0, 0.05) is 48.4 Å². The lowest BCUT2D eigenvalue weighted by Crippen LogP contribution is -2.27. The number of aliphatic imine (C=N–C) groups is 1. The standard InChI is InChI=1S/C20H18ClF2N5O/c1-3-15(21)17-14(11-28(18(17)24-2)20-25-7-4-8-26-20)19(29)27-10-12-9-13(22)5-6-16(12)23/h4-9,11H,3,10H2,1-2H3,(H,27,29)/b17-15+,24-18?. The van der Waals surface area contributed by atoms with Crippen molar-refractivity contribution in [1.82, 2.24) is 15.3 Å². The molecule has 0 saturated carbocycles. The Bertz CT molecular complexity index is 1020. The van der Waals surface area contributed by atoms with Crippen LogP contribution in [0.15, 0.2) is 64.0 Å². The number of halogens is 3. The monoisotopic (exact) mass is 417 g/mol. The number of hydrogen-bond donors (Lipinski definition) is 1. The lowest BCUT2D eigenvalue weighted by atomic mass is 10.1. The maximum absolute atomic E-state index is 13.8. The van der Waals surface area contributed by atoms with E-state index in [9.17, 15) is 13.6 Å². The van der Waals surface area contributed by atoms with Crippen LogP contribution < -0.4 is 10.2 Å². The molecule has 1 amide bonds. The largest absolute Gasteiger partial charge is 0.348 e. The average Bonchev–Trinajstić information content (AvgIpc) is 3.14. The third-order valence-corrected chi connectivity index (χ3v) is 4.69. The fraction of sp³-hybridized carbons (Fsp3) is 0.200. The molecule has 9 heteroatoms. The van der Waals surface area contributed by atoms with E-state index in [-0.39, 0.29) is 17.7 Å². The number of carbonyl (C=O) groups excluding carboxylic acids is 1. The Hall–Kier alpha value is -3.13. The van der Waals surface area contributed by atoms with Gasteiger partial charge in [-0.3, -0.25) is 14.7 Å². The van der Waals surface area contributed by atoms with E-state index in [0.717, 1.165) is 18.2 Å². The third kappa shape index (κ3) is 4.32. The van der Waals surface area contributed by atoms with Crippen molar-refractivity contribution < 1.29 is 13.6 Å². The second kappa shape index (κ2) is 8.91. The van der Waals surface area contributed by atoms with Crippen molar-refractivity contribution in [3.8, 4) is 0 Å². The normalized spacial score (nSPS) is 16.8. The van der Waals surface area contributed by atoms with Crippen molar-refractivity contribution in [1.29, 1.82) is 0 Å². The van der Waals surface area contributed by atoms with Gasteiger partial charge in [0.25, 0.3) is 5.91 Å². The van der Waals surface area contributed by atoms with Crippen LogP contribution in [0.3, 0.4) is 0 Å². The predicted octanol–water partition coefficient (Wildman–Crippen LogP) is 3.71. The molecule has 0 unspecified atom stereocenters. The van der Waals surface area contributed by atoms with Crippen molar-refractivity contribution in [2.75, 3.05) is 11.9 Å². The van der Waals surface area contributed by atoms with E-state index < -0.39 is 17.5 Å². The molecule has 0 radical (unpaired) electrons. The first-order valence-electron chi connectivity index (χ1n) is 8.82. The Morgan fingerprint density at radius 2 is 2.00 bits per heavy atom. The molecule has 1 aromatic carbocycles. The smallest absolute Gasteiger partial charge is 0.253 e. The number of amidine groups is 1. The zero-order valence-electron chi connectivity index (χ0n) is 15.8. The molecular weight excluding hydrogens is 400 g/mol. The molecular formula is C20H18ClF2N5O. The fourth-order valence-corrected chi connectivity index (χ4v) is 3.04. The number of nitrogens with one attached hydrogen (secondary N) is 1. The van der Waals surface area contributed by atoms with E-state index in [0.29, 0.717) is 28.8 Å². The Labute approximate surface area is 171 Å². The molecule has 0 spiro atoms. The lowest BCUT2D eigenvalue weighted by molar-refractivity contribution is -0.117. The van der Waals surface area contributed by atoms with E-state index in [1.807, 2.05) is 6.92 Å². The summed E-state index contributed by atoms with van der Waals surface area (Å²) in [7, 11) is 1.57. The van der Waals surface area contributed by atoms with Gasteiger partial charge in [-0.05, 0) is 30.7 Å². The quantitative estimate of drug-likeness (QED) is 0.805. The van der Waals surface area contributed by atoms with Gasteiger partial charge in [0.2, 0.25) is 5.95 Å². The molecule has 3 rings (SSSR count). The highest BCUT2D eigenvalue weighted by Gasteiger charge is 2.33. The summed E-state index contributed by atoms with van der Waals surface area (Å²) in [6.45, 7) is 1.67. The maximum atomic E-state index is 13.8. The number of benzene rings is 1. The van der Waals surface area contributed by atoms with Crippen molar-refractivity contribution in [2.45, 2.75) is 19.9 Å². The van der Waals surface area contributed by atoms with Gasteiger partial charge in [-0.1, -0.05) is 18.5 Å². The average molecular weight is 418 g/mol. The molecule has 1 aliphatic rings. The number of allylic oxidation sites excluding steroid dienone is 1. The summed E-state index contributed by atoms with van der Waals surface area (Å²) in [5, 5.41) is 3.04. The summed E-state index contributed by atoms with van der Waals surface area (Å²) < 4.78 is 27.2. The number of rotatable bonds is 5. The third-order valence-electron chi connectivity index (χ3n) is 4.23. The minimum Gasteiger partial charge on any atom is -0.348 e. The number of hydrogen-bond acceptors (Lipinski definition) is 4. The van der Waals surface area contributed by atoms with Gasteiger partial charge in [-0.25, -0.2) is 18.7 Å². The molecule has 0 bridgehead atoms. The summed E-state index contributed by atoms with van der Waals surface area (Å²) >= 11 is 6.40. The SMILES string of the molecule is CC/C(Cl)=C1/C(C(=O)NCc2cc(F)ccc2F)=CN(c2ncccn2)C1=NC. The first-order chi connectivity index (χ1) is 14.0. The lowest BCUT2D eigenvalue weighted by Gasteiger charge is -2.15. The van der Waals surface area contributed by atoms with E-state index in [1.54, 1.807) is 30.4 Å². The summed E-state index contributed by atoms with van der Waals surface area (Å²) in [6.07, 6.45) is 5.14. The number of anilines is 1. The van der Waals surface area contributed by atoms with Crippen LogP contribution >= 0.6 is 11.6 Å². The molecule has 1 N–H and O–H groups in total. The first kappa shape index (κ1) is 20.6. The Morgan fingerprint density at radius 1 is 1.28 bits per heavy atom. The summed E-state index contributed by atoms with van der Waals surface area (Å²) in [4.78, 5) is 27.1. The summed E-state index contributed by atoms with van der Waals surface area (Å²) in [5.41, 5.74) is 0.722. The van der Waals surface area contributed by atoms with Crippen LogP contribution in [-0.2, 0) is 11.3 Å². The second-order valence-corrected chi connectivity index (χ2v) is 6.52. The van der Waals surface area contributed by atoms with Gasteiger partial charge < -0.3 is 5.32 Å². The molecule has 150 valence electrons.